The fourth-order valence-corrected chi connectivity index (χ4v) is 2.38. The van der Waals surface area contributed by atoms with Crippen molar-refractivity contribution in [3.8, 4) is 0 Å². The predicted octanol–water partition coefficient (Wildman–Crippen LogP) is 5.79. The lowest BCUT2D eigenvalue weighted by atomic mass is 10.1. The summed E-state index contributed by atoms with van der Waals surface area (Å²) in [5.74, 6) is 0. The Bertz CT molecular complexity index is 683. The summed E-state index contributed by atoms with van der Waals surface area (Å²) in [5.41, 5.74) is 6.88. The number of rotatable bonds is 4. The molecule has 0 heterocycles. The summed E-state index contributed by atoms with van der Waals surface area (Å²) in [5, 5.41) is 7.00. The standard InChI is InChI=1S/C20H20N2/c1-15-13-19(21-17-9-5-3-6-10-17)20(14-16(15)2)22-18-11-7-4-8-12-18/h3-14,21-22H,1-2H3. The molecule has 3 rings (SSSR count). The lowest BCUT2D eigenvalue weighted by Gasteiger charge is -2.16. The summed E-state index contributed by atoms with van der Waals surface area (Å²) < 4.78 is 0. The molecule has 2 nitrogen and oxygen atoms in total. The zero-order valence-electron chi connectivity index (χ0n) is 12.9. The molecule has 0 radical (unpaired) electrons. The van der Waals surface area contributed by atoms with Crippen LogP contribution in [-0.4, -0.2) is 0 Å². The van der Waals surface area contributed by atoms with Crippen LogP contribution in [-0.2, 0) is 0 Å². The van der Waals surface area contributed by atoms with Crippen LogP contribution in [0.4, 0.5) is 22.7 Å². The van der Waals surface area contributed by atoms with E-state index < -0.39 is 0 Å². The minimum atomic E-state index is 1.08. The van der Waals surface area contributed by atoms with Crippen molar-refractivity contribution in [2.24, 2.45) is 0 Å². The molecule has 0 saturated carbocycles. The van der Waals surface area contributed by atoms with Gasteiger partial charge in [0.15, 0.2) is 0 Å². The van der Waals surface area contributed by atoms with E-state index in [1.807, 2.05) is 36.4 Å². The molecule has 2 N–H and O–H groups in total. The Morgan fingerprint density at radius 1 is 0.545 bits per heavy atom. The van der Waals surface area contributed by atoms with Crippen molar-refractivity contribution in [3.63, 3.8) is 0 Å². The van der Waals surface area contributed by atoms with Crippen LogP contribution in [0.1, 0.15) is 11.1 Å². The third-order valence-electron chi connectivity index (χ3n) is 3.74. The molecule has 0 fully saturated rings. The highest BCUT2D eigenvalue weighted by molar-refractivity contribution is 5.79. The molecule has 0 aromatic heterocycles. The molecule has 0 aliphatic heterocycles. The van der Waals surface area contributed by atoms with Crippen molar-refractivity contribution in [1.82, 2.24) is 0 Å². The van der Waals surface area contributed by atoms with Crippen LogP contribution in [0.3, 0.4) is 0 Å². The molecule has 0 spiro atoms. The van der Waals surface area contributed by atoms with Crippen molar-refractivity contribution in [1.29, 1.82) is 0 Å². The van der Waals surface area contributed by atoms with E-state index in [0.717, 1.165) is 22.7 Å². The van der Waals surface area contributed by atoms with Crippen molar-refractivity contribution >= 4 is 22.7 Å². The molecule has 0 amide bonds. The van der Waals surface area contributed by atoms with Gasteiger partial charge >= 0.3 is 0 Å². The van der Waals surface area contributed by atoms with Gasteiger partial charge in [-0.05, 0) is 61.4 Å². The van der Waals surface area contributed by atoms with Gasteiger partial charge in [-0.15, -0.1) is 0 Å². The van der Waals surface area contributed by atoms with E-state index in [2.05, 4.69) is 60.9 Å². The zero-order chi connectivity index (χ0) is 15.4. The van der Waals surface area contributed by atoms with Crippen LogP contribution in [0.5, 0.6) is 0 Å². The average Bonchev–Trinajstić information content (AvgIpc) is 2.54. The topological polar surface area (TPSA) is 24.1 Å². The monoisotopic (exact) mass is 288 g/mol. The first kappa shape index (κ1) is 14.2. The number of aryl methyl sites for hydroxylation is 2. The molecule has 3 aromatic rings. The maximum Gasteiger partial charge on any atom is 0.0626 e. The number of anilines is 4. The first-order chi connectivity index (χ1) is 10.7. The van der Waals surface area contributed by atoms with Crippen LogP contribution < -0.4 is 10.6 Å². The summed E-state index contributed by atoms with van der Waals surface area (Å²) >= 11 is 0. The lowest BCUT2D eigenvalue weighted by Crippen LogP contribution is -1.99. The summed E-state index contributed by atoms with van der Waals surface area (Å²) in [7, 11) is 0. The molecule has 0 unspecified atom stereocenters. The molecule has 2 heteroatoms. The normalized spacial score (nSPS) is 10.3. The van der Waals surface area contributed by atoms with Crippen molar-refractivity contribution in [2.75, 3.05) is 10.6 Å². The van der Waals surface area contributed by atoms with E-state index in [0.29, 0.717) is 0 Å². The van der Waals surface area contributed by atoms with Crippen LogP contribution in [0.25, 0.3) is 0 Å². The molecule has 0 bridgehead atoms. The summed E-state index contributed by atoms with van der Waals surface area (Å²) in [6.07, 6.45) is 0. The molecule has 0 saturated heterocycles. The fraction of sp³-hybridized carbons (Fsp3) is 0.100. The van der Waals surface area contributed by atoms with Crippen molar-refractivity contribution in [3.05, 3.63) is 83.9 Å². The SMILES string of the molecule is Cc1cc(Nc2ccccc2)c(Nc2ccccc2)cc1C. The van der Waals surface area contributed by atoms with Gasteiger partial charge in [0.2, 0.25) is 0 Å². The number of nitrogens with one attached hydrogen (secondary N) is 2. The molecule has 0 aliphatic carbocycles. The van der Waals surface area contributed by atoms with E-state index in [1.165, 1.54) is 11.1 Å². The van der Waals surface area contributed by atoms with Crippen LogP contribution in [0.2, 0.25) is 0 Å². The molecule has 110 valence electrons. The van der Waals surface area contributed by atoms with Crippen LogP contribution in [0, 0.1) is 13.8 Å². The van der Waals surface area contributed by atoms with Gasteiger partial charge < -0.3 is 10.6 Å². The van der Waals surface area contributed by atoms with Crippen molar-refractivity contribution in [2.45, 2.75) is 13.8 Å². The zero-order valence-corrected chi connectivity index (χ0v) is 12.9. The Balaban J connectivity index is 1.95. The fourth-order valence-electron chi connectivity index (χ4n) is 2.38. The third kappa shape index (κ3) is 3.29. The Labute approximate surface area is 131 Å². The minimum Gasteiger partial charge on any atom is -0.354 e. The third-order valence-corrected chi connectivity index (χ3v) is 3.74. The minimum absolute atomic E-state index is 1.08. The Kier molecular flexibility index (Phi) is 4.10. The largest absolute Gasteiger partial charge is 0.354 e. The van der Waals surface area contributed by atoms with E-state index in [1.54, 1.807) is 0 Å². The average molecular weight is 288 g/mol. The number of hydrogen-bond donors (Lipinski definition) is 2. The second kappa shape index (κ2) is 6.35. The summed E-state index contributed by atoms with van der Waals surface area (Å²) in [6.45, 7) is 4.27. The van der Waals surface area contributed by atoms with Gasteiger partial charge in [-0.25, -0.2) is 0 Å². The quantitative estimate of drug-likeness (QED) is 0.635. The predicted molar refractivity (Wildman–Crippen MR) is 95.4 cm³/mol. The number of hydrogen-bond acceptors (Lipinski definition) is 2. The van der Waals surface area contributed by atoms with E-state index in [4.69, 9.17) is 0 Å². The Morgan fingerprint density at radius 2 is 0.909 bits per heavy atom. The molecule has 22 heavy (non-hydrogen) atoms. The maximum atomic E-state index is 3.50. The Morgan fingerprint density at radius 3 is 1.27 bits per heavy atom. The van der Waals surface area contributed by atoms with Gasteiger partial charge in [0, 0.05) is 11.4 Å². The second-order valence-corrected chi connectivity index (χ2v) is 5.46. The summed E-state index contributed by atoms with van der Waals surface area (Å²) in [6, 6.07) is 24.8. The van der Waals surface area contributed by atoms with E-state index in [9.17, 15) is 0 Å². The van der Waals surface area contributed by atoms with Gasteiger partial charge in [0.25, 0.3) is 0 Å². The van der Waals surface area contributed by atoms with Crippen LogP contribution in [0.15, 0.2) is 72.8 Å². The molecule has 0 atom stereocenters. The maximum absolute atomic E-state index is 3.50. The summed E-state index contributed by atoms with van der Waals surface area (Å²) in [4.78, 5) is 0. The van der Waals surface area contributed by atoms with Gasteiger partial charge in [-0.2, -0.15) is 0 Å². The highest BCUT2D eigenvalue weighted by Crippen LogP contribution is 2.31. The molecular weight excluding hydrogens is 268 g/mol. The lowest BCUT2D eigenvalue weighted by molar-refractivity contribution is 1.33. The first-order valence-electron chi connectivity index (χ1n) is 7.48. The second-order valence-electron chi connectivity index (χ2n) is 5.46. The highest BCUT2D eigenvalue weighted by Gasteiger charge is 2.06. The molecular formula is C20H20N2. The van der Waals surface area contributed by atoms with Gasteiger partial charge in [-0.3, -0.25) is 0 Å². The van der Waals surface area contributed by atoms with Crippen LogP contribution >= 0.6 is 0 Å². The highest BCUT2D eigenvalue weighted by atomic mass is 15.0. The van der Waals surface area contributed by atoms with Gasteiger partial charge in [-0.1, -0.05) is 36.4 Å². The molecule has 3 aromatic carbocycles. The van der Waals surface area contributed by atoms with Gasteiger partial charge in [0.1, 0.15) is 0 Å². The van der Waals surface area contributed by atoms with Gasteiger partial charge in [0.05, 0.1) is 11.4 Å². The van der Waals surface area contributed by atoms with E-state index in [-0.39, 0.29) is 0 Å². The number of benzene rings is 3. The number of para-hydroxylation sites is 2. The Hall–Kier alpha value is -2.74. The van der Waals surface area contributed by atoms with E-state index >= 15 is 0 Å². The van der Waals surface area contributed by atoms with Crippen molar-refractivity contribution < 1.29 is 0 Å². The smallest absolute Gasteiger partial charge is 0.0626 e. The molecule has 0 aliphatic rings. The first-order valence-corrected chi connectivity index (χ1v) is 7.48.